The van der Waals surface area contributed by atoms with E-state index in [1.54, 1.807) is 6.20 Å². The summed E-state index contributed by atoms with van der Waals surface area (Å²) >= 11 is 0. The first-order valence-electron chi connectivity index (χ1n) is 4.95. The van der Waals surface area contributed by atoms with Crippen LogP contribution in [-0.4, -0.2) is 4.98 Å². The molecule has 0 saturated carbocycles. The molecular weight excluding hydrogens is 184 g/mol. The van der Waals surface area contributed by atoms with Crippen LogP contribution in [0.25, 0.3) is 10.9 Å². The summed E-state index contributed by atoms with van der Waals surface area (Å²) < 4.78 is 0. The Morgan fingerprint density at radius 3 is 2.80 bits per heavy atom. The number of nitrogens with two attached hydrogens (primary N) is 1. The van der Waals surface area contributed by atoms with E-state index in [2.05, 4.69) is 11.6 Å². The highest BCUT2D eigenvalue weighted by molar-refractivity contribution is 5.82. The minimum absolute atomic E-state index is 0.113. The number of benzene rings is 1. The van der Waals surface area contributed by atoms with Gasteiger partial charge in [-0.15, -0.1) is 0 Å². The summed E-state index contributed by atoms with van der Waals surface area (Å²) in [5, 5.41) is 1.11. The van der Waals surface area contributed by atoms with Crippen molar-refractivity contribution in [1.82, 2.24) is 4.98 Å². The topological polar surface area (TPSA) is 38.9 Å². The van der Waals surface area contributed by atoms with Gasteiger partial charge >= 0.3 is 0 Å². The van der Waals surface area contributed by atoms with Crippen LogP contribution < -0.4 is 5.73 Å². The Morgan fingerprint density at radius 2 is 2.07 bits per heavy atom. The first-order valence-corrected chi connectivity index (χ1v) is 4.95. The van der Waals surface area contributed by atoms with Gasteiger partial charge < -0.3 is 5.73 Å². The summed E-state index contributed by atoms with van der Waals surface area (Å²) in [6.07, 6.45) is 1.79. The fourth-order valence-corrected chi connectivity index (χ4v) is 1.65. The van der Waals surface area contributed by atoms with Crippen molar-refractivity contribution in [3.63, 3.8) is 0 Å². The molecule has 1 heterocycles. The molecule has 15 heavy (non-hydrogen) atoms. The lowest BCUT2D eigenvalue weighted by Gasteiger charge is -2.13. The minimum Gasteiger partial charge on any atom is -0.321 e. The van der Waals surface area contributed by atoms with E-state index in [4.69, 9.17) is 5.73 Å². The van der Waals surface area contributed by atoms with E-state index in [0.717, 1.165) is 22.0 Å². The normalized spacial score (nSPS) is 12.7. The molecule has 0 fully saturated rings. The number of hydrogen-bond acceptors (Lipinski definition) is 2. The molecule has 2 aromatic rings. The van der Waals surface area contributed by atoms with Crippen LogP contribution in [0.4, 0.5) is 0 Å². The molecule has 2 rings (SSSR count). The van der Waals surface area contributed by atoms with Gasteiger partial charge in [-0.25, -0.2) is 0 Å². The van der Waals surface area contributed by atoms with Gasteiger partial charge in [0.05, 0.1) is 11.6 Å². The molecule has 0 saturated heterocycles. The van der Waals surface area contributed by atoms with Crippen LogP contribution in [0.3, 0.4) is 0 Å². The Hall–Kier alpha value is -1.67. The zero-order valence-corrected chi connectivity index (χ0v) is 8.77. The molecule has 76 valence electrons. The van der Waals surface area contributed by atoms with Gasteiger partial charge in [0, 0.05) is 11.6 Å². The minimum atomic E-state index is -0.113. The Morgan fingerprint density at radius 1 is 1.33 bits per heavy atom. The van der Waals surface area contributed by atoms with E-state index in [9.17, 15) is 0 Å². The number of fused-ring (bicyclic) bond motifs is 1. The molecule has 0 aliphatic heterocycles. The summed E-state index contributed by atoms with van der Waals surface area (Å²) in [6, 6.07) is 9.86. The van der Waals surface area contributed by atoms with Crippen LogP contribution in [0, 0.1) is 0 Å². The van der Waals surface area contributed by atoms with Gasteiger partial charge in [0.25, 0.3) is 0 Å². The van der Waals surface area contributed by atoms with Crippen molar-refractivity contribution in [3.05, 3.63) is 54.2 Å². The summed E-state index contributed by atoms with van der Waals surface area (Å²) in [5.74, 6) is 0. The van der Waals surface area contributed by atoms with E-state index in [1.165, 1.54) is 0 Å². The lowest BCUT2D eigenvalue weighted by atomic mass is 9.98. The van der Waals surface area contributed by atoms with Gasteiger partial charge in [0.1, 0.15) is 0 Å². The van der Waals surface area contributed by atoms with Gasteiger partial charge in [-0.2, -0.15) is 0 Å². The maximum atomic E-state index is 6.08. The van der Waals surface area contributed by atoms with Crippen molar-refractivity contribution in [2.45, 2.75) is 13.0 Å². The Kier molecular flexibility index (Phi) is 2.52. The third kappa shape index (κ3) is 1.76. The second-order valence-electron chi connectivity index (χ2n) is 3.74. The quantitative estimate of drug-likeness (QED) is 0.753. The van der Waals surface area contributed by atoms with E-state index in [0.29, 0.717) is 0 Å². The number of para-hydroxylation sites is 1. The maximum Gasteiger partial charge on any atom is 0.0705 e. The molecule has 2 heteroatoms. The number of pyridine rings is 1. The van der Waals surface area contributed by atoms with Crippen molar-refractivity contribution in [1.29, 1.82) is 0 Å². The second kappa shape index (κ2) is 3.83. The molecule has 0 aliphatic carbocycles. The molecule has 1 aromatic carbocycles. The molecule has 0 radical (unpaired) electrons. The summed E-state index contributed by atoms with van der Waals surface area (Å²) in [7, 11) is 0. The number of nitrogens with zero attached hydrogens (tertiary/aromatic N) is 1. The molecule has 1 aromatic heterocycles. The predicted octanol–water partition coefficient (Wildman–Crippen LogP) is 2.81. The van der Waals surface area contributed by atoms with Crippen molar-refractivity contribution in [3.8, 4) is 0 Å². The van der Waals surface area contributed by atoms with E-state index in [-0.39, 0.29) is 6.04 Å². The standard InChI is InChI=1S/C13H14N2/c1-9(2)13(14)11-7-8-15-12-6-4-3-5-10(11)12/h3-8,13H,1,14H2,2H3. The zero-order chi connectivity index (χ0) is 10.8. The highest BCUT2D eigenvalue weighted by atomic mass is 14.7. The summed E-state index contributed by atoms with van der Waals surface area (Å²) in [4.78, 5) is 4.30. The smallest absolute Gasteiger partial charge is 0.0705 e. The molecular formula is C13H14N2. The molecule has 0 amide bonds. The first-order chi connectivity index (χ1) is 7.20. The van der Waals surface area contributed by atoms with Crippen LogP contribution in [0.5, 0.6) is 0 Å². The molecule has 0 bridgehead atoms. The number of aromatic nitrogens is 1. The Balaban J connectivity index is 2.65. The lowest BCUT2D eigenvalue weighted by molar-refractivity contribution is 0.858. The first kappa shape index (κ1) is 9.87. The zero-order valence-electron chi connectivity index (χ0n) is 8.77. The van der Waals surface area contributed by atoms with Gasteiger partial charge in [-0.1, -0.05) is 30.4 Å². The van der Waals surface area contributed by atoms with Gasteiger partial charge in [-0.05, 0) is 24.6 Å². The second-order valence-corrected chi connectivity index (χ2v) is 3.74. The number of hydrogen-bond donors (Lipinski definition) is 1. The van der Waals surface area contributed by atoms with Gasteiger partial charge in [-0.3, -0.25) is 4.98 Å². The van der Waals surface area contributed by atoms with Gasteiger partial charge in [0.15, 0.2) is 0 Å². The third-order valence-electron chi connectivity index (χ3n) is 2.55. The van der Waals surface area contributed by atoms with E-state index >= 15 is 0 Å². The van der Waals surface area contributed by atoms with Crippen LogP contribution in [0.1, 0.15) is 18.5 Å². The van der Waals surface area contributed by atoms with Crippen molar-refractivity contribution >= 4 is 10.9 Å². The predicted molar refractivity (Wildman–Crippen MR) is 63.5 cm³/mol. The molecule has 0 spiro atoms. The van der Waals surface area contributed by atoms with E-state index < -0.39 is 0 Å². The average Bonchev–Trinajstić information content (AvgIpc) is 2.27. The molecule has 1 atom stereocenters. The van der Waals surface area contributed by atoms with Crippen LogP contribution >= 0.6 is 0 Å². The summed E-state index contributed by atoms with van der Waals surface area (Å²) in [5.41, 5.74) is 9.11. The molecule has 0 aliphatic rings. The largest absolute Gasteiger partial charge is 0.321 e. The lowest BCUT2D eigenvalue weighted by Crippen LogP contribution is -2.11. The van der Waals surface area contributed by atoms with E-state index in [1.807, 2.05) is 37.3 Å². The van der Waals surface area contributed by atoms with Crippen LogP contribution in [0.15, 0.2) is 48.7 Å². The Labute approximate surface area is 89.4 Å². The fourth-order valence-electron chi connectivity index (χ4n) is 1.65. The molecule has 2 N–H and O–H groups in total. The highest BCUT2D eigenvalue weighted by Crippen LogP contribution is 2.24. The highest BCUT2D eigenvalue weighted by Gasteiger charge is 2.09. The summed E-state index contributed by atoms with van der Waals surface area (Å²) in [6.45, 7) is 5.84. The maximum absolute atomic E-state index is 6.08. The molecule has 2 nitrogen and oxygen atoms in total. The third-order valence-corrected chi connectivity index (χ3v) is 2.55. The number of rotatable bonds is 2. The monoisotopic (exact) mass is 198 g/mol. The van der Waals surface area contributed by atoms with Crippen molar-refractivity contribution in [2.75, 3.05) is 0 Å². The van der Waals surface area contributed by atoms with Crippen molar-refractivity contribution in [2.24, 2.45) is 5.73 Å². The molecule has 1 unspecified atom stereocenters. The SMILES string of the molecule is C=C(C)C(N)c1ccnc2ccccc12. The van der Waals surface area contributed by atoms with Crippen LogP contribution in [-0.2, 0) is 0 Å². The van der Waals surface area contributed by atoms with Crippen molar-refractivity contribution < 1.29 is 0 Å². The fraction of sp³-hybridized carbons (Fsp3) is 0.154. The van der Waals surface area contributed by atoms with Crippen LogP contribution in [0.2, 0.25) is 0 Å². The average molecular weight is 198 g/mol. The van der Waals surface area contributed by atoms with Gasteiger partial charge in [0.2, 0.25) is 0 Å². The Bertz CT molecular complexity index is 497.